The van der Waals surface area contributed by atoms with Gasteiger partial charge in [-0.15, -0.1) is 0 Å². The monoisotopic (exact) mass is 297 g/mol. The van der Waals surface area contributed by atoms with E-state index in [0.29, 0.717) is 18.8 Å². The first-order chi connectivity index (χ1) is 9.53. The van der Waals surface area contributed by atoms with Gasteiger partial charge in [0.1, 0.15) is 0 Å². The molecule has 0 aliphatic carbocycles. The molecule has 1 aliphatic heterocycles. The smallest absolute Gasteiger partial charge is 0.301 e. The standard InChI is InChI=1S/C14H23N3O2S/c1-3-15-12(2)13-6-8-14(9-7-13)16-20(18,19)17-10-4-5-11-17/h6-9,12,15-16H,3-5,10-11H2,1-2H3. The third kappa shape index (κ3) is 3.71. The Labute approximate surface area is 121 Å². The van der Waals surface area contributed by atoms with Crippen LogP contribution < -0.4 is 10.0 Å². The highest BCUT2D eigenvalue weighted by atomic mass is 32.2. The first kappa shape index (κ1) is 15.3. The molecule has 1 aromatic rings. The van der Waals surface area contributed by atoms with Crippen LogP contribution in [0.25, 0.3) is 0 Å². The minimum atomic E-state index is -3.39. The van der Waals surface area contributed by atoms with Crippen LogP contribution in [0.3, 0.4) is 0 Å². The average Bonchev–Trinajstić information content (AvgIpc) is 2.94. The highest BCUT2D eigenvalue weighted by Crippen LogP contribution is 2.19. The van der Waals surface area contributed by atoms with Gasteiger partial charge in [0.2, 0.25) is 0 Å². The summed E-state index contributed by atoms with van der Waals surface area (Å²) < 4.78 is 28.4. The number of rotatable bonds is 6. The normalized spacial score (nSPS) is 18.1. The Hall–Kier alpha value is -1.11. The number of benzene rings is 1. The number of hydrogen-bond donors (Lipinski definition) is 2. The molecule has 1 fully saturated rings. The molecular formula is C14H23N3O2S. The molecule has 0 radical (unpaired) electrons. The summed E-state index contributed by atoms with van der Waals surface area (Å²) in [5.41, 5.74) is 1.76. The summed E-state index contributed by atoms with van der Waals surface area (Å²) in [6.07, 6.45) is 1.89. The molecule has 0 aromatic heterocycles. The highest BCUT2D eigenvalue weighted by Gasteiger charge is 2.24. The number of hydrogen-bond acceptors (Lipinski definition) is 3. The summed E-state index contributed by atoms with van der Waals surface area (Å²) in [4.78, 5) is 0. The van der Waals surface area contributed by atoms with E-state index in [1.54, 1.807) is 0 Å². The van der Waals surface area contributed by atoms with E-state index < -0.39 is 10.2 Å². The molecule has 1 atom stereocenters. The van der Waals surface area contributed by atoms with Gasteiger partial charge in [0, 0.05) is 24.8 Å². The van der Waals surface area contributed by atoms with Crippen molar-refractivity contribution < 1.29 is 8.42 Å². The molecule has 1 aliphatic rings. The Bertz CT molecular complexity index is 522. The minimum absolute atomic E-state index is 0.268. The van der Waals surface area contributed by atoms with Gasteiger partial charge in [0.25, 0.3) is 0 Å². The van der Waals surface area contributed by atoms with Gasteiger partial charge in [-0.3, -0.25) is 4.72 Å². The molecule has 0 bridgehead atoms. The van der Waals surface area contributed by atoms with E-state index in [2.05, 4.69) is 23.9 Å². The summed E-state index contributed by atoms with van der Waals surface area (Å²) in [5.74, 6) is 0. The van der Waals surface area contributed by atoms with Crippen LogP contribution in [-0.2, 0) is 10.2 Å². The lowest BCUT2D eigenvalue weighted by Gasteiger charge is -2.17. The van der Waals surface area contributed by atoms with Crippen LogP contribution in [0.4, 0.5) is 5.69 Å². The summed E-state index contributed by atoms with van der Waals surface area (Å²) in [5, 5.41) is 3.33. The van der Waals surface area contributed by atoms with E-state index in [9.17, 15) is 8.42 Å². The van der Waals surface area contributed by atoms with Crippen LogP contribution in [0, 0.1) is 0 Å². The van der Waals surface area contributed by atoms with Gasteiger partial charge in [-0.2, -0.15) is 12.7 Å². The van der Waals surface area contributed by atoms with Gasteiger partial charge in [-0.25, -0.2) is 0 Å². The molecule has 2 N–H and O–H groups in total. The Morgan fingerprint density at radius 2 is 1.80 bits per heavy atom. The molecule has 6 heteroatoms. The van der Waals surface area contributed by atoms with Crippen LogP contribution in [0.1, 0.15) is 38.3 Å². The van der Waals surface area contributed by atoms with Crippen molar-refractivity contribution >= 4 is 15.9 Å². The van der Waals surface area contributed by atoms with Gasteiger partial charge >= 0.3 is 10.2 Å². The fourth-order valence-corrected chi connectivity index (χ4v) is 3.71. The van der Waals surface area contributed by atoms with Crippen molar-refractivity contribution in [2.24, 2.45) is 0 Å². The van der Waals surface area contributed by atoms with Crippen molar-refractivity contribution in [2.75, 3.05) is 24.4 Å². The van der Waals surface area contributed by atoms with E-state index in [1.807, 2.05) is 24.3 Å². The summed E-state index contributed by atoms with van der Waals surface area (Å²) in [6.45, 7) is 6.29. The molecule has 1 aromatic carbocycles. The minimum Gasteiger partial charge on any atom is -0.310 e. The molecule has 1 heterocycles. The maximum absolute atomic E-state index is 12.1. The Balaban J connectivity index is 2.03. The predicted molar refractivity (Wildman–Crippen MR) is 81.9 cm³/mol. The van der Waals surface area contributed by atoms with Crippen LogP contribution in [-0.4, -0.2) is 32.4 Å². The Morgan fingerprint density at radius 3 is 2.35 bits per heavy atom. The quantitative estimate of drug-likeness (QED) is 0.845. The molecule has 0 spiro atoms. The Morgan fingerprint density at radius 1 is 1.20 bits per heavy atom. The third-order valence-corrected chi connectivity index (χ3v) is 5.11. The van der Waals surface area contributed by atoms with Crippen molar-refractivity contribution in [3.05, 3.63) is 29.8 Å². The zero-order valence-corrected chi connectivity index (χ0v) is 12.9. The van der Waals surface area contributed by atoms with E-state index in [-0.39, 0.29) is 6.04 Å². The Kier molecular flexibility index (Phi) is 5.01. The molecule has 0 saturated carbocycles. The number of anilines is 1. The maximum Gasteiger partial charge on any atom is 0.301 e. The van der Waals surface area contributed by atoms with Gasteiger partial charge in [0.05, 0.1) is 0 Å². The second-order valence-electron chi connectivity index (χ2n) is 5.11. The van der Waals surface area contributed by atoms with E-state index in [1.165, 1.54) is 4.31 Å². The highest BCUT2D eigenvalue weighted by molar-refractivity contribution is 7.90. The van der Waals surface area contributed by atoms with Crippen molar-refractivity contribution in [2.45, 2.75) is 32.7 Å². The van der Waals surface area contributed by atoms with Crippen LogP contribution in [0.5, 0.6) is 0 Å². The second kappa shape index (κ2) is 6.56. The first-order valence-corrected chi connectivity index (χ1v) is 8.58. The van der Waals surface area contributed by atoms with Gasteiger partial charge < -0.3 is 5.32 Å². The topological polar surface area (TPSA) is 61.4 Å². The maximum atomic E-state index is 12.1. The fourth-order valence-electron chi connectivity index (χ4n) is 2.41. The second-order valence-corrected chi connectivity index (χ2v) is 6.79. The lowest BCUT2D eigenvalue weighted by molar-refractivity contribution is 0.482. The predicted octanol–water partition coefficient (Wildman–Crippen LogP) is 2.11. The SMILES string of the molecule is CCNC(C)c1ccc(NS(=O)(=O)N2CCCC2)cc1. The zero-order valence-electron chi connectivity index (χ0n) is 12.1. The van der Waals surface area contributed by atoms with Crippen LogP contribution >= 0.6 is 0 Å². The fraction of sp³-hybridized carbons (Fsp3) is 0.571. The van der Waals surface area contributed by atoms with Crippen molar-refractivity contribution in [1.29, 1.82) is 0 Å². The molecule has 112 valence electrons. The van der Waals surface area contributed by atoms with E-state index >= 15 is 0 Å². The molecule has 1 unspecified atom stereocenters. The van der Waals surface area contributed by atoms with Gasteiger partial charge in [0.15, 0.2) is 0 Å². The lowest BCUT2D eigenvalue weighted by Crippen LogP contribution is -2.33. The molecule has 0 amide bonds. The lowest BCUT2D eigenvalue weighted by atomic mass is 10.1. The molecule has 20 heavy (non-hydrogen) atoms. The third-order valence-electron chi connectivity index (χ3n) is 3.57. The van der Waals surface area contributed by atoms with Crippen molar-refractivity contribution in [1.82, 2.24) is 9.62 Å². The molecule has 1 saturated heterocycles. The van der Waals surface area contributed by atoms with Gasteiger partial charge in [-0.05, 0) is 44.0 Å². The largest absolute Gasteiger partial charge is 0.310 e. The van der Waals surface area contributed by atoms with Gasteiger partial charge in [-0.1, -0.05) is 19.1 Å². The van der Waals surface area contributed by atoms with Crippen molar-refractivity contribution in [3.8, 4) is 0 Å². The van der Waals surface area contributed by atoms with Crippen LogP contribution in [0.15, 0.2) is 24.3 Å². The zero-order chi connectivity index (χ0) is 14.6. The average molecular weight is 297 g/mol. The van der Waals surface area contributed by atoms with Crippen LogP contribution in [0.2, 0.25) is 0 Å². The number of nitrogens with one attached hydrogen (secondary N) is 2. The molecule has 2 rings (SSSR count). The number of nitrogens with zero attached hydrogens (tertiary/aromatic N) is 1. The van der Waals surface area contributed by atoms with Crippen molar-refractivity contribution in [3.63, 3.8) is 0 Å². The first-order valence-electron chi connectivity index (χ1n) is 7.14. The molecular weight excluding hydrogens is 274 g/mol. The summed E-state index contributed by atoms with van der Waals surface area (Å²) in [7, 11) is -3.39. The summed E-state index contributed by atoms with van der Waals surface area (Å²) >= 11 is 0. The summed E-state index contributed by atoms with van der Waals surface area (Å²) in [6, 6.07) is 7.81. The van der Waals surface area contributed by atoms with E-state index in [0.717, 1.165) is 24.9 Å². The molecule has 5 nitrogen and oxygen atoms in total. The van der Waals surface area contributed by atoms with E-state index in [4.69, 9.17) is 0 Å².